The topological polar surface area (TPSA) is 116 Å². The summed E-state index contributed by atoms with van der Waals surface area (Å²) in [4.78, 5) is 47.1. The molecule has 1 aliphatic carbocycles. The summed E-state index contributed by atoms with van der Waals surface area (Å²) in [5.74, 6) is 0.156. The van der Waals surface area contributed by atoms with E-state index in [1.807, 2.05) is 0 Å². The van der Waals surface area contributed by atoms with Gasteiger partial charge < -0.3 is 14.4 Å². The van der Waals surface area contributed by atoms with Crippen LogP contribution in [-0.2, 0) is 14.3 Å². The van der Waals surface area contributed by atoms with Crippen LogP contribution in [0.3, 0.4) is 0 Å². The Kier molecular flexibility index (Phi) is 9.24. The van der Waals surface area contributed by atoms with Crippen LogP contribution in [0.4, 0.5) is 5.69 Å². The molecule has 1 aromatic rings. The minimum atomic E-state index is -0.631. The Bertz CT molecular complexity index is 760. The maximum absolute atomic E-state index is 12.6. The van der Waals surface area contributed by atoms with E-state index in [-0.39, 0.29) is 36.7 Å². The Morgan fingerprint density at radius 2 is 2.00 bits per heavy atom. The number of hydrogen-bond acceptors (Lipinski definition) is 7. The normalized spacial score (nSPS) is 14.0. The highest BCUT2D eigenvalue weighted by atomic mass is 16.6. The average molecular weight is 420 g/mol. The Labute approximate surface area is 175 Å². The number of nitro benzene ring substituents is 1. The summed E-state index contributed by atoms with van der Waals surface area (Å²) >= 11 is 0. The van der Waals surface area contributed by atoms with Crippen LogP contribution in [0, 0.1) is 16.0 Å². The highest BCUT2D eigenvalue weighted by Crippen LogP contribution is 2.25. The van der Waals surface area contributed by atoms with Gasteiger partial charge in [0.25, 0.3) is 5.69 Å². The van der Waals surface area contributed by atoms with E-state index in [2.05, 4.69) is 0 Å². The highest BCUT2D eigenvalue weighted by molar-refractivity contribution is 5.82. The van der Waals surface area contributed by atoms with E-state index in [1.165, 1.54) is 31.7 Å². The van der Waals surface area contributed by atoms with Crippen molar-refractivity contribution in [2.24, 2.45) is 5.92 Å². The number of benzene rings is 1. The van der Waals surface area contributed by atoms with Gasteiger partial charge in [0.2, 0.25) is 5.91 Å². The molecule has 164 valence electrons. The van der Waals surface area contributed by atoms with Gasteiger partial charge >= 0.3 is 5.97 Å². The number of rotatable bonds is 11. The Morgan fingerprint density at radius 3 is 2.63 bits per heavy atom. The molecule has 1 fully saturated rings. The van der Waals surface area contributed by atoms with E-state index in [0.717, 1.165) is 25.7 Å². The molecular formula is C21H28N2O7. The van der Waals surface area contributed by atoms with Gasteiger partial charge in [-0.3, -0.25) is 24.5 Å². The second-order valence-corrected chi connectivity index (χ2v) is 7.40. The fourth-order valence-corrected chi connectivity index (χ4v) is 3.61. The van der Waals surface area contributed by atoms with Crippen molar-refractivity contribution >= 4 is 23.9 Å². The molecule has 0 heterocycles. The van der Waals surface area contributed by atoms with Crippen molar-refractivity contribution in [3.8, 4) is 5.75 Å². The third-order valence-electron chi connectivity index (χ3n) is 5.23. The molecule has 9 heteroatoms. The molecule has 0 unspecified atom stereocenters. The second-order valence-electron chi connectivity index (χ2n) is 7.40. The van der Waals surface area contributed by atoms with Gasteiger partial charge in [-0.15, -0.1) is 0 Å². The number of methoxy groups -OCH3 is 1. The van der Waals surface area contributed by atoms with Crippen molar-refractivity contribution in [1.82, 2.24) is 4.90 Å². The molecule has 1 aromatic carbocycles. The lowest BCUT2D eigenvalue weighted by Gasteiger charge is -2.29. The zero-order valence-corrected chi connectivity index (χ0v) is 17.2. The summed E-state index contributed by atoms with van der Waals surface area (Å²) in [5, 5.41) is 10.9. The Hall–Kier alpha value is -2.97. The van der Waals surface area contributed by atoms with Crippen molar-refractivity contribution in [2.75, 3.05) is 26.8 Å². The second kappa shape index (κ2) is 11.9. The summed E-state index contributed by atoms with van der Waals surface area (Å²) in [6, 6.07) is 3.94. The summed E-state index contributed by atoms with van der Waals surface area (Å²) in [5.41, 5.74) is -0.348. The lowest BCUT2D eigenvalue weighted by atomic mass is 9.89. The minimum absolute atomic E-state index is 0.0578. The standard InChI is InChI=1S/C21H28N2O7/c1-29-21(26)14-22(13-16-6-3-2-4-7-16)20(25)8-5-11-30-18-9-10-19(23(27)28)17(12-18)15-24/h9-10,12,15-16H,2-8,11,13-14H2,1H3. The van der Waals surface area contributed by atoms with Crippen LogP contribution in [-0.4, -0.2) is 54.8 Å². The molecule has 0 aromatic heterocycles. The molecule has 0 N–H and O–H groups in total. The van der Waals surface area contributed by atoms with E-state index < -0.39 is 10.9 Å². The summed E-state index contributed by atoms with van der Waals surface area (Å²) < 4.78 is 10.2. The van der Waals surface area contributed by atoms with Gasteiger partial charge in [0.1, 0.15) is 12.3 Å². The third-order valence-corrected chi connectivity index (χ3v) is 5.23. The molecule has 2 rings (SSSR count). The van der Waals surface area contributed by atoms with Gasteiger partial charge in [-0.05, 0) is 37.3 Å². The first-order valence-electron chi connectivity index (χ1n) is 10.2. The van der Waals surface area contributed by atoms with Crippen molar-refractivity contribution in [1.29, 1.82) is 0 Å². The van der Waals surface area contributed by atoms with Crippen LogP contribution in [0.25, 0.3) is 0 Å². The first-order chi connectivity index (χ1) is 14.4. The molecule has 0 atom stereocenters. The number of amides is 1. The molecule has 0 radical (unpaired) electrons. The maximum Gasteiger partial charge on any atom is 0.325 e. The Balaban J connectivity index is 1.85. The molecule has 0 bridgehead atoms. The lowest BCUT2D eigenvalue weighted by molar-refractivity contribution is -0.385. The zero-order chi connectivity index (χ0) is 21.9. The molecule has 1 saturated carbocycles. The number of ether oxygens (including phenoxy) is 2. The lowest BCUT2D eigenvalue weighted by Crippen LogP contribution is -2.40. The third kappa shape index (κ3) is 7.13. The van der Waals surface area contributed by atoms with Gasteiger partial charge in [0, 0.05) is 19.0 Å². The number of nitro groups is 1. The molecular weight excluding hydrogens is 392 g/mol. The predicted molar refractivity (Wildman–Crippen MR) is 108 cm³/mol. The van der Waals surface area contributed by atoms with Crippen molar-refractivity contribution in [2.45, 2.75) is 44.9 Å². The quantitative estimate of drug-likeness (QED) is 0.177. The van der Waals surface area contributed by atoms with Gasteiger partial charge in [0.05, 0.1) is 24.2 Å². The molecule has 0 saturated heterocycles. The van der Waals surface area contributed by atoms with Crippen molar-refractivity contribution in [3.05, 3.63) is 33.9 Å². The van der Waals surface area contributed by atoms with E-state index in [0.29, 0.717) is 30.9 Å². The minimum Gasteiger partial charge on any atom is -0.494 e. The Morgan fingerprint density at radius 1 is 1.27 bits per heavy atom. The SMILES string of the molecule is COC(=O)CN(CC1CCCCC1)C(=O)CCCOc1ccc([N+](=O)[O-])c(C=O)c1. The van der Waals surface area contributed by atoms with E-state index in [4.69, 9.17) is 9.47 Å². The average Bonchev–Trinajstić information content (AvgIpc) is 2.76. The van der Waals surface area contributed by atoms with Crippen LogP contribution in [0.1, 0.15) is 55.3 Å². The number of carbonyl (C=O) groups excluding carboxylic acids is 3. The molecule has 0 spiro atoms. The van der Waals surface area contributed by atoms with Gasteiger partial charge in [-0.25, -0.2) is 0 Å². The fourth-order valence-electron chi connectivity index (χ4n) is 3.61. The number of carbonyl (C=O) groups is 3. The predicted octanol–water partition coefficient (Wildman–Crippen LogP) is 3.15. The van der Waals surface area contributed by atoms with Crippen LogP contribution < -0.4 is 4.74 Å². The number of nitrogens with zero attached hydrogens (tertiary/aromatic N) is 2. The van der Waals surface area contributed by atoms with Crippen LogP contribution in [0.2, 0.25) is 0 Å². The smallest absolute Gasteiger partial charge is 0.325 e. The van der Waals surface area contributed by atoms with Crippen molar-refractivity contribution in [3.63, 3.8) is 0 Å². The first-order valence-corrected chi connectivity index (χ1v) is 10.2. The maximum atomic E-state index is 12.6. The molecule has 9 nitrogen and oxygen atoms in total. The summed E-state index contributed by atoms with van der Waals surface area (Å²) in [6.07, 6.45) is 6.66. The first kappa shape index (κ1) is 23.3. The number of hydrogen-bond donors (Lipinski definition) is 0. The molecule has 0 aliphatic heterocycles. The number of aldehydes is 1. The van der Waals surface area contributed by atoms with Crippen molar-refractivity contribution < 1.29 is 28.8 Å². The van der Waals surface area contributed by atoms with E-state index in [9.17, 15) is 24.5 Å². The summed E-state index contributed by atoms with van der Waals surface area (Å²) in [7, 11) is 1.30. The highest BCUT2D eigenvalue weighted by Gasteiger charge is 2.23. The fraction of sp³-hybridized carbons (Fsp3) is 0.571. The van der Waals surface area contributed by atoms with Gasteiger partial charge in [-0.2, -0.15) is 0 Å². The molecule has 30 heavy (non-hydrogen) atoms. The van der Waals surface area contributed by atoms with Gasteiger partial charge in [-0.1, -0.05) is 19.3 Å². The zero-order valence-electron chi connectivity index (χ0n) is 17.2. The van der Waals surface area contributed by atoms with Crippen LogP contribution in [0.15, 0.2) is 18.2 Å². The summed E-state index contributed by atoms with van der Waals surface area (Å²) in [6.45, 7) is 0.703. The van der Waals surface area contributed by atoms with Gasteiger partial charge in [0.15, 0.2) is 6.29 Å². The van der Waals surface area contributed by atoms with E-state index >= 15 is 0 Å². The monoisotopic (exact) mass is 420 g/mol. The van der Waals surface area contributed by atoms with E-state index in [1.54, 1.807) is 4.90 Å². The number of esters is 1. The van der Waals surface area contributed by atoms with Crippen LogP contribution in [0.5, 0.6) is 5.75 Å². The molecule has 1 aliphatic rings. The van der Waals surface area contributed by atoms with Crippen LogP contribution >= 0.6 is 0 Å². The largest absolute Gasteiger partial charge is 0.494 e. The molecule has 1 amide bonds.